The van der Waals surface area contributed by atoms with Crippen molar-refractivity contribution in [1.82, 2.24) is 15.5 Å². The maximum atomic E-state index is 12.5. The summed E-state index contributed by atoms with van der Waals surface area (Å²) in [4.78, 5) is 19.2. The number of benzene rings is 1. The van der Waals surface area contributed by atoms with Gasteiger partial charge in [-0.25, -0.2) is 0 Å². The molecule has 0 unspecified atom stereocenters. The largest absolute Gasteiger partial charge is 0.357 e. The van der Waals surface area contributed by atoms with Crippen molar-refractivity contribution in [3.8, 4) is 0 Å². The molecule has 0 radical (unpaired) electrons. The molecule has 1 aliphatic heterocycles. The highest BCUT2D eigenvalue weighted by Gasteiger charge is 2.20. The predicted octanol–water partition coefficient (Wildman–Crippen LogP) is 3.05. The van der Waals surface area contributed by atoms with Crippen LogP contribution in [0.4, 0.5) is 0 Å². The molecule has 0 aromatic heterocycles. The molecule has 27 heavy (non-hydrogen) atoms. The third-order valence-corrected chi connectivity index (χ3v) is 6.09. The number of carbonyl (C=O) groups is 1. The SMILES string of the molecule is CCNC(=NCC(C)(C)SC)NCCCC(=O)N1CCc2ccccc2C1. The van der Waals surface area contributed by atoms with Gasteiger partial charge in [-0.2, -0.15) is 11.8 Å². The first-order valence-electron chi connectivity index (χ1n) is 9.87. The summed E-state index contributed by atoms with van der Waals surface area (Å²) in [7, 11) is 0. The fourth-order valence-electron chi connectivity index (χ4n) is 2.99. The Morgan fingerprint density at radius 1 is 1.26 bits per heavy atom. The number of hydrogen-bond donors (Lipinski definition) is 2. The Hall–Kier alpha value is -1.69. The fraction of sp³-hybridized carbons (Fsp3) is 0.619. The molecule has 1 aromatic rings. The summed E-state index contributed by atoms with van der Waals surface area (Å²) in [6.07, 6.45) is 4.46. The molecule has 0 fully saturated rings. The molecule has 0 saturated heterocycles. The van der Waals surface area contributed by atoms with Crippen LogP contribution in [-0.4, -0.2) is 53.9 Å². The zero-order valence-corrected chi connectivity index (χ0v) is 18.0. The van der Waals surface area contributed by atoms with Crippen LogP contribution >= 0.6 is 11.8 Å². The van der Waals surface area contributed by atoms with Crippen LogP contribution in [0.3, 0.4) is 0 Å². The van der Waals surface area contributed by atoms with E-state index < -0.39 is 0 Å². The molecule has 1 aliphatic rings. The smallest absolute Gasteiger partial charge is 0.222 e. The molecule has 5 nitrogen and oxygen atoms in total. The number of hydrogen-bond acceptors (Lipinski definition) is 3. The van der Waals surface area contributed by atoms with Gasteiger partial charge in [-0.05, 0) is 51.0 Å². The van der Waals surface area contributed by atoms with Crippen LogP contribution in [0, 0.1) is 0 Å². The van der Waals surface area contributed by atoms with E-state index in [-0.39, 0.29) is 10.7 Å². The van der Waals surface area contributed by atoms with Gasteiger partial charge in [0.25, 0.3) is 0 Å². The third kappa shape index (κ3) is 7.09. The number of carbonyl (C=O) groups excluding carboxylic acids is 1. The molecular weight excluding hydrogens is 356 g/mol. The number of nitrogens with one attached hydrogen (secondary N) is 2. The minimum atomic E-state index is 0.128. The van der Waals surface area contributed by atoms with Gasteiger partial charge in [-0.1, -0.05) is 24.3 Å². The molecule has 1 aromatic carbocycles. The molecular formula is C21H34N4OS. The van der Waals surface area contributed by atoms with Crippen LogP contribution in [0.15, 0.2) is 29.3 Å². The second-order valence-electron chi connectivity index (χ2n) is 7.52. The van der Waals surface area contributed by atoms with Crippen LogP contribution in [-0.2, 0) is 17.8 Å². The van der Waals surface area contributed by atoms with Gasteiger partial charge in [0.1, 0.15) is 0 Å². The van der Waals surface area contributed by atoms with Gasteiger partial charge < -0.3 is 15.5 Å². The molecule has 150 valence electrons. The van der Waals surface area contributed by atoms with E-state index >= 15 is 0 Å². The Kier molecular flexibility index (Phi) is 8.48. The van der Waals surface area contributed by atoms with Gasteiger partial charge in [-0.3, -0.25) is 9.79 Å². The van der Waals surface area contributed by atoms with Crippen molar-refractivity contribution in [3.63, 3.8) is 0 Å². The van der Waals surface area contributed by atoms with Crippen LogP contribution in [0.5, 0.6) is 0 Å². The number of nitrogens with zero attached hydrogens (tertiary/aromatic N) is 2. The number of rotatable bonds is 8. The summed E-state index contributed by atoms with van der Waals surface area (Å²) in [6.45, 7) is 10.4. The first-order valence-corrected chi connectivity index (χ1v) is 11.1. The molecule has 0 aliphatic carbocycles. The molecule has 6 heteroatoms. The lowest BCUT2D eigenvalue weighted by molar-refractivity contribution is -0.132. The average Bonchev–Trinajstić information content (AvgIpc) is 2.68. The average molecular weight is 391 g/mol. The van der Waals surface area contributed by atoms with Crippen molar-refractivity contribution in [1.29, 1.82) is 0 Å². The minimum Gasteiger partial charge on any atom is -0.357 e. The van der Waals surface area contributed by atoms with Gasteiger partial charge in [0.05, 0.1) is 6.54 Å². The fourth-order valence-corrected chi connectivity index (χ4v) is 3.18. The maximum Gasteiger partial charge on any atom is 0.222 e. The second-order valence-corrected chi connectivity index (χ2v) is 9.04. The predicted molar refractivity (Wildman–Crippen MR) is 116 cm³/mol. The quantitative estimate of drug-likeness (QED) is 0.407. The van der Waals surface area contributed by atoms with E-state index in [2.05, 4.69) is 66.9 Å². The van der Waals surface area contributed by atoms with Crippen molar-refractivity contribution in [2.75, 3.05) is 32.4 Å². The van der Waals surface area contributed by atoms with Crippen molar-refractivity contribution in [2.24, 2.45) is 4.99 Å². The summed E-state index contributed by atoms with van der Waals surface area (Å²) >= 11 is 1.82. The van der Waals surface area contributed by atoms with Gasteiger partial charge in [0.2, 0.25) is 5.91 Å². The van der Waals surface area contributed by atoms with Crippen molar-refractivity contribution >= 4 is 23.6 Å². The van der Waals surface area contributed by atoms with E-state index in [0.717, 1.165) is 51.5 Å². The van der Waals surface area contributed by atoms with Crippen molar-refractivity contribution in [3.05, 3.63) is 35.4 Å². The Morgan fingerprint density at radius 3 is 2.70 bits per heavy atom. The Bertz CT molecular complexity index is 645. The van der Waals surface area contributed by atoms with Crippen molar-refractivity contribution < 1.29 is 4.79 Å². The van der Waals surface area contributed by atoms with E-state index in [0.29, 0.717) is 6.42 Å². The molecule has 1 heterocycles. The number of guanidine groups is 1. The Morgan fingerprint density at radius 2 is 2.00 bits per heavy atom. The van der Waals surface area contributed by atoms with Gasteiger partial charge >= 0.3 is 0 Å². The van der Waals surface area contributed by atoms with Gasteiger partial charge in [0.15, 0.2) is 5.96 Å². The Labute approximate surface area is 168 Å². The van der Waals surface area contributed by atoms with Crippen LogP contribution in [0.25, 0.3) is 0 Å². The molecule has 2 rings (SSSR count). The zero-order chi connectivity index (χ0) is 19.7. The summed E-state index contributed by atoms with van der Waals surface area (Å²) in [5.74, 6) is 1.08. The van der Waals surface area contributed by atoms with Crippen molar-refractivity contribution in [2.45, 2.75) is 51.3 Å². The highest BCUT2D eigenvalue weighted by Crippen LogP contribution is 2.21. The third-order valence-electron chi connectivity index (χ3n) is 4.86. The summed E-state index contributed by atoms with van der Waals surface area (Å²) < 4.78 is 0.128. The first-order chi connectivity index (χ1) is 12.9. The van der Waals surface area contributed by atoms with E-state index in [1.165, 1.54) is 11.1 Å². The van der Waals surface area contributed by atoms with E-state index in [1.807, 2.05) is 16.7 Å². The zero-order valence-electron chi connectivity index (χ0n) is 17.2. The molecule has 0 saturated carbocycles. The minimum absolute atomic E-state index is 0.128. The molecule has 0 spiro atoms. The van der Waals surface area contributed by atoms with Crippen LogP contribution in [0.2, 0.25) is 0 Å². The summed E-state index contributed by atoms with van der Waals surface area (Å²) in [5, 5.41) is 6.63. The molecule has 1 amide bonds. The van der Waals surface area contributed by atoms with Crippen LogP contribution < -0.4 is 10.6 Å². The Balaban J connectivity index is 1.74. The van der Waals surface area contributed by atoms with Gasteiger partial charge in [-0.15, -0.1) is 0 Å². The normalized spacial score (nSPS) is 14.7. The van der Waals surface area contributed by atoms with Crippen LogP contribution in [0.1, 0.15) is 44.7 Å². The maximum absolute atomic E-state index is 12.5. The number of fused-ring (bicyclic) bond motifs is 1. The van der Waals surface area contributed by atoms with E-state index in [1.54, 1.807) is 0 Å². The number of aliphatic imine (C=N–C) groups is 1. The molecule has 0 bridgehead atoms. The molecule has 0 atom stereocenters. The highest BCUT2D eigenvalue weighted by molar-refractivity contribution is 7.99. The lowest BCUT2D eigenvalue weighted by Crippen LogP contribution is -2.39. The number of amides is 1. The number of thioether (sulfide) groups is 1. The first kappa shape index (κ1) is 21.6. The monoisotopic (exact) mass is 390 g/mol. The topological polar surface area (TPSA) is 56.7 Å². The standard InChI is InChI=1S/C21H34N4OS/c1-5-22-20(24-16-21(2,3)27-4)23-13-8-11-19(26)25-14-12-17-9-6-7-10-18(17)15-25/h6-7,9-10H,5,8,11-16H2,1-4H3,(H2,22,23,24). The van der Waals surface area contributed by atoms with E-state index in [9.17, 15) is 4.79 Å². The summed E-state index contributed by atoms with van der Waals surface area (Å²) in [5.41, 5.74) is 2.66. The van der Waals surface area contributed by atoms with E-state index in [4.69, 9.17) is 0 Å². The summed E-state index contributed by atoms with van der Waals surface area (Å²) in [6, 6.07) is 8.43. The second kappa shape index (κ2) is 10.6. The molecule has 2 N–H and O–H groups in total. The lowest BCUT2D eigenvalue weighted by atomic mass is 9.99. The van der Waals surface area contributed by atoms with Gasteiger partial charge in [0, 0.05) is 37.3 Å². The lowest BCUT2D eigenvalue weighted by Gasteiger charge is -2.29. The highest BCUT2D eigenvalue weighted by atomic mass is 32.2.